The Kier molecular flexibility index (Phi) is 1.91. The standard InChI is InChI=1S/C12H8ClFN2/c1-16-10-7(3-2-4-9(10)14)8-5-6-15-12(13)11(8)16/h2-6H,1H3. The van der Waals surface area contributed by atoms with Gasteiger partial charge in [0.25, 0.3) is 0 Å². The Balaban J connectivity index is 2.70. The molecule has 0 unspecified atom stereocenters. The number of pyridine rings is 1. The third-order valence-electron chi connectivity index (χ3n) is 2.83. The number of para-hydroxylation sites is 1. The number of hydrogen-bond donors (Lipinski definition) is 0. The molecule has 0 aliphatic heterocycles. The molecule has 0 fully saturated rings. The monoisotopic (exact) mass is 234 g/mol. The van der Waals surface area contributed by atoms with Crippen LogP contribution in [0.4, 0.5) is 4.39 Å². The van der Waals surface area contributed by atoms with Crippen LogP contribution in [-0.4, -0.2) is 9.55 Å². The van der Waals surface area contributed by atoms with Crippen molar-refractivity contribution in [1.29, 1.82) is 0 Å². The summed E-state index contributed by atoms with van der Waals surface area (Å²) in [4.78, 5) is 4.02. The van der Waals surface area contributed by atoms with Crippen molar-refractivity contribution in [2.24, 2.45) is 7.05 Å². The Morgan fingerprint density at radius 3 is 2.75 bits per heavy atom. The summed E-state index contributed by atoms with van der Waals surface area (Å²) in [6.07, 6.45) is 1.63. The Hall–Kier alpha value is -1.61. The van der Waals surface area contributed by atoms with Crippen molar-refractivity contribution in [1.82, 2.24) is 9.55 Å². The molecule has 0 atom stereocenters. The number of nitrogens with zero attached hydrogens (tertiary/aromatic N) is 2. The van der Waals surface area contributed by atoms with Crippen LogP contribution in [0.2, 0.25) is 5.15 Å². The van der Waals surface area contributed by atoms with Gasteiger partial charge in [-0.05, 0) is 12.1 Å². The van der Waals surface area contributed by atoms with Gasteiger partial charge in [-0.2, -0.15) is 0 Å². The van der Waals surface area contributed by atoms with Gasteiger partial charge < -0.3 is 4.57 Å². The van der Waals surface area contributed by atoms with Gasteiger partial charge >= 0.3 is 0 Å². The van der Waals surface area contributed by atoms with Crippen LogP contribution in [0.15, 0.2) is 30.5 Å². The lowest BCUT2D eigenvalue weighted by Gasteiger charge is -1.99. The summed E-state index contributed by atoms with van der Waals surface area (Å²) in [5.74, 6) is -0.243. The molecule has 0 radical (unpaired) electrons. The Morgan fingerprint density at radius 2 is 1.94 bits per heavy atom. The lowest BCUT2D eigenvalue weighted by molar-refractivity contribution is 0.633. The van der Waals surface area contributed by atoms with Crippen molar-refractivity contribution in [3.05, 3.63) is 41.4 Å². The largest absolute Gasteiger partial charge is 0.339 e. The van der Waals surface area contributed by atoms with Gasteiger partial charge in [0, 0.05) is 24.0 Å². The molecule has 1 aromatic carbocycles. The van der Waals surface area contributed by atoms with Crippen molar-refractivity contribution in [2.75, 3.05) is 0 Å². The fraction of sp³-hybridized carbons (Fsp3) is 0.0833. The SMILES string of the molecule is Cn1c2c(F)cccc2c2ccnc(Cl)c21. The molecule has 2 heterocycles. The summed E-state index contributed by atoms with van der Waals surface area (Å²) in [5, 5.41) is 2.19. The molecule has 0 spiro atoms. The number of benzene rings is 1. The number of fused-ring (bicyclic) bond motifs is 3. The maximum Gasteiger partial charge on any atom is 0.153 e. The second-order valence-electron chi connectivity index (χ2n) is 3.69. The zero-order chi connectivity index (χ0) is 11.3. The van der Waals surface area contributed by atoms with E-state index in [1.807, 2.05) is 12.1 Å². The first-order valence-corrected chi connectivity index (χ1v) is 5.25. The van der Waals surface area contributed by atoms with E-state index in [1.54, 1.807) is 23.9 Å². The molecular weight excluding hydrogens is 227 g/mol. The third-order valence-corrected chi connectivity index (χ3v) is 3.10. The van der Waals surface area contributed by atoms with E-state index in [4.69, 9.17) is 11.6 Å². The second kappa shape index (κ2) is 3.19. The average molecular weight is 235 g/mol. The van der Waals surface area contributed by atoms with Crippen LogP contribution in [0.5, 0.6) is 0 Å². The lowest BCUT2D eigenvalue weighted by atomic mass is 10.2. The number of halogens is 2. The topological polar surface area (TPSA) is 17.8 Å². The van der Waals surface area contributed by atoms with Crippen LogP contribution in [0.25, 0.3) is 21.8 Å². The Morgan fingerprint density at radius 1 is 1.19 bits per heavy atom. The number of hydrogen-bond acceptors (Lipinski definition) is 1. The predicted octanol–water partition coefficient (Wildman–Crippen LogP) is 3.52. The van der Waals surface area contributed by atoms with Crippen LogP contribution >= 0.6 is 11.6 Å². The van der Waals surface area contributed by atoms with Gasteiger partial charge in [-0.1, -0.05) is 23.7 Å². The molecule has 0 saturated carbocycles. The molecule has 0 bridgehead atoms. The van der Waals surface area contributed by atoms with Crippen molar-refractivity contribution < 1.29 is 4.39 Å². The van der Waals surface area contributed by atoms with Gasteiger partial charge in [0.2, 0.25) is 0 Å². The van der Waals surface area contributed by atoms with E-state index in [0.717, 1.165) is 16.3 Å². The van der Waals surface area contributed by atoms with Gasteiger partial charge in [-0.3, -0.25) is 0 Å². The van der Waals surface area contributed by atoms with Crippen LogP contribution in [0.3, 0.4) is 0 Å². The second-order valence-corrected chi connectivity index (χ2v) is 4.05. The highest BCUT2D eigenvalue weighted by Gasteiger charge is 2.13. The first-order chi connectivity index (χ1) is 7.70. The highest BCUT2D eigenvalue weighted by Crippen LogP contribution is 2.32. The molecular formula is C12H8ClFN2. The highest BCUT2D eigenvalue weighted by atomic mass is 35.5. The van der Waals surface area contributed by atoms with E-state index in [-0.39, 0.29) is 5.82 Å². The summed E-state index contributed by atoms with van der Waals surface area (Å²) in [6.45, 7) is 0. The van der Waals surface area contributed by atoms with E-state index < -0.39 is 0 Å². The molecule has 80 valence electrons. The fourth-order valence-electron chi connectivity index (χ4n) is 2.15. The summed E-state index contributed by atoms with van der Waals surface area (Å²) in [6, 6.07) is 6.88. The van der Waals surface area contributed by atoms with Gasteiger partial charge in [0.05, 0.1) is 11.0 Å². The summed E-state index contributed by atoms with van der Waals surface area (Å²) < 4.78 is 15.5. The molecule has 2 nitrogen and oxygen atoms in total. The van der Waals surface area contributed by atoms with Crippen LogP contribution in [0.1, 0.15) is 0 Å². The summed E-state index contributed by atoms with van der Waals surface area (Å²) in [7, 11) is 1.79. The Labute approximate surface area is 96.3 Å². The van der Waals surface area contributed by atoms with Crippen molar-refractivity contribution in [3.63, 3.8) is 0 Å². The van der Waals surface area contributed by atoms with Crippen molar-refractivity contribution in [3.8, 4) is 0 Å². The number of aromatic nitrogens is 2. The van der Waals surface area contributed by atoms with E-state index >= 15 is 0 Å². The van der Waals surface area contributed by atoms with Crippen LogP contribution in [0, 0.1) is 5.82 Å². The molecule has 0 amide bonds. The average Bonchev–Trinajstić information content (AvgIpc) is 2.56. The quantitative estimate of drug-likeness (QED) is 0.544. The minimum absolute atomic E-state index is 0.243. The van der Waals surface area contributed by atoms with E-state index in [2.05, 4.69) is 4.98 Å². The maximum absolute atomic E-state index is 13.7. The highest BCUT2D eigenvalue weighted by molar-refractivity contribution is 6.35. The molecule has 2 aromatic heterocycles. The Bertz CT molecular complexity index is 644. The summed E-state index contributed by atoms with van der Waals surface area (Å²) >= 11 is 6.03. The normalized spacial score (nSPS) is 11.4. The maximum atomic E-state index is 13.7. The molecule has 0 aliphatic carbocycles. The molecule has 3 aromatic rings. The first-order valence-electron chi connectivity index (χ1n) is 4.87. The molecule has 4 heteroatoms. The third kappa shape index (κ3) is 1.09. The molecule has 0 saturated heterocycles. The first kappa shape index (κ1) is 9.60. The molecule has 3 rings (SSSR count). The lowest BCUT2D eigenvalue weighted by Crippen LogP contribution is -1.90. The number of rotatable bonds is 0. The van der Waals surface area contributed by atoms with E-state index in [1.165, 1.54) is 6.07 Å². The van der Waals surface area contributed by atoms with Gasteiger partial charge in [-0.15, -0.1) is 0 Å². The van der Waals surface area contributed by atoms with Gasteiger partial charge in [0.15, 0.2) is 5.15 Å². The van der Waals surface area contributed by atoms with E-state index in [0.29, 0.717) is 10.7 Å². The smallest absolute Gasteiger partial charge is 0.153 e. The zero-order valence-electron chi connectivity index (χ0n) is 8.54. The van der Waals surface area contributed by atoms with Crippen LogP contribution < -0.4 is 0 Å². The predicted molar refractivity (Wildman–Crippen MR) is 63.2 cm³/mol. The summed E-state index contributed by atoms with van der Waals surface area (Å²) in [5.41, 5.74) is 1.33. The van der Waals surface area contributed by atoms with Gasteiger partial charge in [0.1, 0.15) is 5.82 Å². The molecule has 0 aliphatic rings. The fourth-order valence-corrected chi connectivity index (χ4v) is 2.44. The van der Waals surface area contributed by atoms with Crippen molar-refractivity contribution in [2.45, 2.75) is 0 Å². The van der Waals surface area contributed by atoms with Gasteiger partial charge in [-0.25, -0.2) is 9.37 Å². The zero-order valence-corrected chi connectivity index (χ0v) is 9.29. The minimum atomic E-state index is -0.243. The van der Waals surface area contributed by atoms with Crippen LogP contribution in [-0.2, 0) is 7.05 Å². The molecule has 16 heavy (non-hydrogen) atoms. The number of aryl methyl sites for hydroxylation is 1. The minimum Gasteiger partial charge on any atom is -0.339 e. The van der Waals surface area contributed by atoms with E-state index in [9.17, 15) is 4.39 Å². The molecule has 0 N–H and O–H groups in total. The van der Waals surface area contributed by atoms with Crippen molar-refractivity contribution >= 4 is 33.4 Å².